The fourth-order valence-electron chi connectivity index (χ4n) is 6.89. The molecular weight excluding hydrogens is 1260 g/mol. The molecule has 0 radical (unpaired) electrons. The highest BCUT2D eigenvalue weighted by Gasteiger charge is 2.27. The van der Waals surface area contributed by atoms with Crippen LogP contribution in [0.15, 0.2) is 102 Å². The van der Waals surface area contributed by atoms with Gasteiger partial charge in [-0.3, -0.25) is 46.5 Å². The summed E-state index contributed by atoms with van der Waals surface area (Å²) in [4.78, 5) is 65.5. The van der Waals surface area contributed by atoms with E-state index in [0.717, 1.165) is 36.4 Å². The average molecular weight is 1290 g/mol. The molecule has 0 saturated carbocycles. The van der Waals surface area contributed by atoms with E-state index in [1.54, 1.807) is 0 Å². The Labute approximate surface area is 470 Å². The van der Waals surface area contributed by atoms with Crippen LogP contribution in [0, 0.1) is 0 Å². The summed E-state index contributed by atoms with van der Waals surface area (Å²) in [5, 5.41) is 47.4. The maximum atomic E-state index is 12.8. The molecule has 0 saturated heterocycles. The van der Waals surface area contributed by atoms with Crippen molar-refractivity contribution in [2.24, 2.45) is 0 Å². The van der Waals surface area contributed by atoms with E-state index in [2.05, 4.69) is 51.2 Å². The van der Waals surface area contributed by atoms with Crippen molar-refractivity contribution < 1.29 is 117 Å². The Morgan fingerprint density at radius 2 is 0.655 bits per heavy atom. The molecule has 44 heteroatoms. The van der Waals surface area contributed by atoms with E-state index >= 15 is 0 Å². The summed E-state index contributed by atoms with van der Waals surface area (Å²) < 4.78 is 207. The summed E-state index contributed by atoms with van der Waals surface area (Å²) in [6.07, 6.45) is 1.79. The van der Waals surface area contributed by atoms with E-state index in [-0.39, 0.29) is 11.4 Å². The number of carboxylic acid groups (broad SMARTS) is 4. The second-order valence-electron chi connectivity index (χ2n) is 16.4. The van der Waals surface area contributed by atoms with Crippen molar-refractivity contribution in [2.75, 3.05) is 57.2 Å². The number of hydrogen-bond donors (Lipinski definition) is 14. The zero-order chi connectivity index (χ0) is 62.7. The van der Waals surface area contributed by atoms with Crippen LogP contribution in [-0.2, 0) is 79.9 Å². The predicted octanol–water partition coefficient (Wildman–Crippen LogP) is 0.633. The number of aromatic nitrogens is 6. The fraction of sp³-hybridized carbons (Fsp3) is 0.100. The molecule has 0 unspecified atom stereocenters. The lowest BCUT2D eigenvalue weighted by molar-refractivity contribution is -0.138. The molecule has 38 nitrogen and oxygen atoms in total. The number of nitrogens with one attached hydrogen (secondary N) is 4. The van der Waals surface area contributed by atoms with Crippen LogP contribution in [-0.4, -0.2) is 178 Å². The average Bonchev–Trinajstić information content (AvgIpc) is 1.56. The van der Waals surface area contributed by atoms with E-state index in [1.165, 1.54) is 0 Å². The summed E-state index contributed by atoms with van der Waals surface area (Å²) in [5.74, 6) is -11.5. The Kier molecular flexibility index (Phi) is 18.5. The lowest BCUT2D eigenvalue weighted by atomic mass is 10.1. The molecule has 4 aromatic carbocycles. The number of rotatable bonds is 26. The van der Waals surface area contributed by atoms with Gasteiger partial charge in [-0.1, -0.05) is 24.3 Å². The Bertz CT molecular complexity index is 4130. The predicted molar refractivity (Wildman–Crippen MR) is 281 cm³/mol. The summed E-state index contributed by atoms with van der Waals surface area (Å²) in [6.45, 7) is -4.53. The molecule has 2 heterocycles. The molecule has 0 fully saturated rings. The number of benzene rings is 4. The molecule has 0 atom stereocenters. The van der Waals surface area contributed by atoms with Gasteiger partial charge in [0.05, 0.1) is 21.2 Å². The summed E-state index contributed by atoms with van der Waals surface area (Å²) in [7, 11) is -31.2. The maximum absolute atomic E-state index is 12.8. The van der Waals surface area contributed by atoms with E-state index in [4.69, 9.17) is 0 Å². The van der Waals surface area contributed by atoms with Crippen LogP contribution in [0.3, 0.4) is 0 Å². The normalized spacial score (nSPS) is 12.3. The van der Waals surface area contributed by atoms with Gasteiger partial charge in [-0.2, -0.15) is 80.4 Å². The molecule has 2 aromatic heterocycles. The first-order valence-corrected chi connectivity index (χ1v) is 30.3. The lowest BCUT2D eigenvalue weighted by Crippen LogP contribution is -2.36. The third-order valence-corrected chi connectivity index (χ3v) is 15.5. The van der Waals surface area contributed by atoms with Gasteiger partial charge in [0.15, 0.2) is 0 Å². The van der Waals surface area contributed by atoms with Gasteiger partial charge in [0, 0.05) is 11.4 Å². The molecule has 14 N–H and O–H groups in total. The topological polar surface area (TPSA) is 607 Å². The third-order valence-electron chi connectivity index (χ3n) is 10.2. The molecular formula is C40H36N12O26S6. The van der Waals surface area contributed by atoms with Gasteiger partial charge in [-0.15, -0.1) is 0 Å². The van der Waals surface area contributed by atoms with Crippen LogP contribution >= 0.6 is 0 Å². The standard InChI is InChI=1S/C40H36N12O26S6/c53-31(54)15-51(16-32(55)56)39-47-35(45-37(49-39)43-25-13-23(79(61,62)63)7-9-27(25)81(67,68)69)41-21-5-3-19(29(11-21)83(73,74)75)1-2-20-4-6-22(12-30(20)84(76,77)78)42-36-46-38(50-40(48-36)52(17-33(57)58)18-34(59)60)44-26-14-24(80(64,65)66)8-10-28(26)82(70,71)72/h1-14H,15-18H2,(H,53,54)(H,55,56)(H,57,58)(H,59,60)(H,61,62,63)(H,64,65,66)(H,67,68,69)(H,70,71,72)(H,73,74,75)(H,76,77,78)(H2,41,43,45,47,49)(H2,42,44,46,48,50). The van der Waals surface area contributed by atoms with Crippen LogP contribution in [0.5, 0.6) is 0 Å². The molecule has 0 amide bonds. The monoisotopic (exact) mass is 1290 g/mol. The number of hydrogen-bond acceptors (Lipinski definition) is 28. The van der Waals surface area contributed by atoms with Crippen molar-refractivity contribution in [3.63, 3.8) is 0 Å². The van der Waals surface area contributed by atoms with Crippen LogP contribution in [0.25, 0.3) is 12.2 Å². The molecule has 0 bridgehead atoms. The quantitative estimate of drug-likeness (QED) is 0.0262. The first kappa shape index (κ1) is 64.0. The minimum absolute atomic E-state index is 0.383. The summed E-state index contributed by atoms with van der Waals surface area (Å²) >= 11 is 0. The van der Waals surface area contributed by atoms with Crippen molar-refractivity contribution in [3.8, 4) is 0 Å². The van der Waals surface area contributed by atoms with Crippen molar-refractivity contribution in [1.82, 2.24) is 29.9 Å². The van der Waals surface area contributed by atoms with Crippen LogP contribution < -0.4 is 31.1 Å². The van der Waals surface area contributed by atoms with Gasteiger partial charge >= 0.3 is 23.9 Å². The molecule has 0 aliphatic rings. The van der Waals surface area contributed by atoms with Crippen LogP contribution in [0.2, 0.25) is 0 Å². The highest BCUT2D eigenvalue weighted by atomic mass is 32.2. The lowest BCUT2D eigenvalue weighted by Gasteiger charge is -2.20. The highest BCUT2D eigenvalue weighted by molar-refractivity contribution is 7.87. The molecule has 0 spiro atoms. The van der Waals surface area contributed by atoms with Gasteiger partial charge in [0.1, 0.15) is 45.8 Å². The Hall–Kier alpha value is -9.22. The number of nitrogens with zero attached hydrogens (tertiary/aromatic N) is 8. The first-order valence-electron chi connectivity index (χ1n) is 21.7. The second kappa shape index (κ2) is 24.3. The number of carbonyl (C=O) groups is 4. The van der Waals surface area contributed by atoms with Crippen LogP contribution in [0.1, 0.15) is 11.1 Å². The zero-order valence-electron chi connectivity index (χ0n) is 40.9. The van der Waals surface area contributed by atoms with E-state index in [0.29, 0.717) is 58.3 Å². The number of carboxylic acids is 4. The SMILES string of the molecule is O=C(O)CN(CC(=O)O)c1nc(Nc2ccc(C=Cc3ccc(Nc4nc(Nc5cc(S(=O)(=O)O)ccc5S(=O)(=O)O)nc(N(CC(=O)O)CC(=O)O)n4)cc3S(=O)(=O)O)c(S(=O)(=O)O)c2)nc(Nc2cc(S(=O)(=O)O)ccc2S(=O)(=O)O)n1. The molecule has 6 rings (SSSR count). The zero-order valence-corrected chi connectivity index (χ0v) is 45.8. The Balaban J connectivity index is 1.41. The summed E-state index contributed by atoms with van der Waals surface area (Å²) in [6, 6.07) is 8.64. The van der Waals surface area contributed by atoms with Crippen LogP contribution in [0.4, 0.5) is 58.4 Å². The van der Waals surface area contributed by atoms with Gasteiger partial charge in [0.2, 0.25) is 35.7 Å². The van der Waals surface area contributed by atoms with Crippen molar-refractivity contribution in [2.45, 2.75) is 29.4 Å². The van der Waals surface area contributed by atoms with Gasteiger partial charge in [-0.05, 0) is 71.8 Å². The van der Waals surface area contributed by atoms with Gasteiger partial charge in [0.25, 0.3) is 60.7 Å². The van der Waals surface area contributed by atoms with Crippen molar-refractivity contribution >= 4 is 155 Å². The number of aliphatic carboxylic acids is 4. The van der Waals surface area contributed by atoms with Gasteiger partial charge < -0.3 is 51.5 Å². The second-order valence-corrected chi connectivity index (χ2v) is 24.8. The maximum Gasteiger partial charge on any atom is 0.323 e. The molecule has 6 aromatic rings. The Morgan fingerprint density at radius 3 is 0.917 bits per heavy atom. The minimum Gasteiger partial charge on any atom is -0.480 e. The smallest absolute Gasteiger partial charge is 0.323 e. The summed E-state index contributed by atoms with van der Waals surface area (Å²) in [5.41, 5.74) is -3.35. The van der Waals surface area contributed by atoms with E-state index < -0.39 is 198 Å². The minimum atomic E-state index is -5.33. The molecule has 0 aliphatic heterocycles. The third kappa shape index (κ3) is 17.2. The van der Waals surface area contributed by atoms with E-state index in [1.807, 2.05) is 0 Å². The fourth-order valence-corrected chi connectivity index (χ4v) is 10.6. The first-order chi connectivity index (χ1) is 38.6. The van der Waals surface area contributed by atoms with Gasteiger partial charge in [-0.25, -0.2) is 0 Å². The molecule has 84 heavy (non-hydrogen) atoms. The molecule has 448 valence electrons. The molecule has 0 aliphatic carbocycles. The van der Waals surface area contributed by atoms with Crippen molar-refractivity contribution in [1.29, 1.82) is 0 Å². The highest BCUT2D eigenvalue weighted by Crippen LogP contribution is 2.33. The Morgan fingerprint density at radius 1 is 0.369 bits per heavy atom. The largest absolute Gasteiger partial charge is 0.480 e. The van der Waals surface area contributed by atoms with Crippen molar-refractivity contribution in [3.05, 3.63) is 83.9 Å². The number of anilines is 10. The van der Waals surface area contributed by atoms with E-state index in [9.17, 15) is 117 Å².